The third kappa shape index (κ3) is 5.18. The Morgan fingerprint density at radius 2 is 1.36 bits per heavy atom. The van der Waals surface area contributed by atoms with Crippen LogP contribution in [-0.2, 0) is 19.1 Å². The molecule has 1 atom stereocenters. The zero-order chi connectivity index (χ0) is 18.1. The van der Waals surface area contributed by atoms with Crippen molar-refractivity contribution < 1.29 is 19.1 Å². The molecule has 4 nitrogen and oxygen atoms in total. The molecule has 0 fully saturated rings. The summed E-state index contributed by atoms with van der Waals surface area (Å²) in [6.45, 7) is 3.93. The summed E-state index contributed by atoms with van der Waals surface area (Å²) in [7, 11) is 0. The second kappa shape index (κ2) is 9.62. The van der Waals surface area contributed by atoms with E-state index in [1.807, 2.05) is 67.6 Å². The van der Waals surface area contributed by atoms with Gasteiger partial charge in [0.15, 0.2) is 6.10 Å². The molecule has 2 aromatic rings. The van der Waals surface area contributed by atoms with Crippen LogP contribution in [0.5, 0.6) is 0 Å². The molecule has 2 rings (SSSR count). The van der Waals surface area contributed by atoms with Crippen molar-refractivity contribution in [1.82, 2.24) is 0 Å². The first kappa shape index (κ1) is 18.7. The fourth-order valence-electron chi connectivity index (χ4n) is 2.69. The van der Waals surface area contributed by atoms with Gasteiger partial charge >= 0.3 is 11.9 Å². The highest BCUT2D eigenvalue weighted by molar-refractivity contribution is 5.85. The van der Waals surface area contributed by atoms with Crippen molar-refractivity contribution in [1.29, 1.82) is 0 Å². The van der Waals surface area contributed by atoms with Crippen LogP contribution in [0.2, 0.25) is 0 Å². The molecule has 132 valence electrons. The van der Waals surface area contributed by atoms with Gasteiger partial charge in [-0.05, 0) is 24.5 Å². The number of rotatable bonds is 8. The second-order valence-corrected chi connectivity index (χ2v) is 5.72. The summed E-state index contributed by atoms with van der Waals surface area (Å²) in [5.74, 6) is -1.50. The van der Waals surface area contributed by atoms with Crippen molar-refractivity contribution in [3.05, 3.63) is 71.8 Å². The fraction of sp³-hybridized carbons (Fsp3) is 0.333. The molecular formula is C21H24O4. The Morgan fingerprint density at radius 1 is 0.840 bits per heavy atom. The molecule has 0 saturated carbocycles. The van der Waals surface area contributed by atoms with Crippen LogP contribution in [0.1, 0.15) is 43.7 Å². The Hall–Kier alpha value is -2.62. The SMILES string of the molecule is CCC[C@H](OC(=O)C(c1ccccc1)c1ccccc1)C(=O)OCC. The molecular weight excluding hydrogens is 316 g/mol. The van der Waals surface area contributed by atoms with Gasteiger partial charge in [0.1, 0.15) is 5.92 Å². The van der Waals surface area contributed by atoms with Crippen LogP contribution in [0, 0.1) is 0 Å². The van der Waals surface area contributed by atoms with Crippen LogP contribution in [0.3, 0.4) is 0 Å². The highest BCUT2D eigenvalue weighted by Gasteiger charge is 2.30. The van der Waals surface area contributed by atoms with Gasteiger partial charge in [0.2, 0.25) is 0 Å². The fourth-order valence-corrected chi connectivity index (χ4v) is 2.69. The summed E-state index contributed by atoms with van der Waals surface area (Å²) in [6.07, 6.45) is 0.297. The smallest absolute Gasteiger partial charge is 0.347 e. The average molecular weight is 340 g/mol. The van der Waals surface area contributed by atoms with Gasteiger partial charge in [-0.25, -0.2) is 4.79 Å². The number of carbonyl (C=O) groups excluding carboxylic acids is 2. The number of benzene rings is 2. The quantitative estimate of drug-likeness (QED) is 0.679. The van der Waals surface area contributed by atoms with Crippen molar-refractivity contribution in [2.24, 2.45) is 0 Å². The van der Waals surface area contributed by atoms with E-state index >= 15 is 0 Å². The molecule has 0 unspecified atom stereocenters. The monoisotopic (exact) mass is 340 g/mol. The van der Waals surface area contributed by atoms with Gasteiger partial charge in [-0.3, -0.25) is 4.79 Å². The molecule has 0 amide bonds. The molecule has 0 aliphatic heterocycles. The first-order valence-corrected chi connectivity index (χ1v) is 8.64. The molecule has 0 aliphatic rings. The summed E-state index contributed by atoms with van der Waals surface area (Å²) in [5, 5.41) is 0. The minimum Gasteiger partial charge on any atom is -0.463 e. The van der Waals surface area contributed by atoms with E-state index in [1.54, 1.807) is 6.92 Å². The van der Waals surface area contributed by atoms with Crippen molar-refractivity contribution in [2.45, 2.75) is 38.7 Å². The minimum atomic E-state index is -0.868. The number of esters is 2. The summed E-state index contributed by atoms with van der Waals surface area (Å²) in [5.41, 5.74) is 1.66. The molecule has 25 heavy (non-hydrogen) atoms. The van der Waals surface area contributed by atoms with Crippen LogP contribution < -0.4 is 0 Å². The lowest BCUT2D eigenvalue weighted by Crippen LogP contribution is -2.31. The summed E-state index contributed by atoms with van der Waals surface area (Å²) < 4.78 is 10.6. The molecule has 0 spiro atoms. The van der Waals surface area contributed by atoms with Gasteiger partial charge in [0.25, 0.3) is 0 Å². The molecule has 0 N–H and O–H groups in total. The van der Waals surface area contributed by atoms with Crippen molar-refractivity contribution in [2.75, 3.05) is 6.61 Å². The average Bonchev–Trinajstić information content (AvgIpc) is 2.63. The maximum atomic E-state index is 12.9. The predicted molar refractivity (Wildman–Crippen MR) is 96.1 cm³/mol. The predicted octanol–water partition coefficient (Wildman–Crippen LogP) is 4.09. The maximum absolute atomic E-state index is 12.9. The zero-order valence-electron chi connectivity index (χ0n) is 14.7. The minimum absolute atomic E-state index is 0.261. The third-order valence-electron chi connectivity index (χ3n) is 3.86. The maximum Gasteiger partial charge on any atom is 0.347 e. The largest absolute Gasteiger partial charge is 0.463 e. The van der Waals surface area contributed by atoms with E-state index < -0.39 is 24.0 Å². The lowest BCUT2D eigenvalue weighted by molar-refractivity contribution is -0.168. The van der Waals surface area contributed by atoms with Crippen molar-refractivity contribution in [3.8, 4) is 0 Å². The van der Waals surface area contributed by atoms with Gasteiger partial charge in [-0.15, -0.1) is 0 Å². The van der Waals surface area contributed by atoms with Gasteiger partial charge in [-0.2, -0.15) is 0 Å². The van der Waals surface area contributed by atoms with Crippen molar-refractivity contribution in [3.63, 3.8) is 0 Å². The van der Waals surface area contributed by atoms with Crippen LogP contribution in [0.15, 0.2) is 60.7 Å². The molecule has 2 aromatic carbocycles. The Balaban J connectivity index is 2.27. The van der Waals surface area contributed by atoms with Crippen LogP contribution >= 0.6 is 0 Å². The molecule has 0 aliphatic carbocycles. The highest BCUT2D eigenvalue weighted by atomic mass is 16.6. The zero-order valence-corrected chi connectivity index (χ0v) is 14.7. The van der Waals surface area contributed by atoms with E-state index in [-0.39, 0.29) is 6.61 Å². The number of hydrogen-bond donors (Lipinski definition) is 0. The summed E-state index contributed by atoms with van der Waals surface area (Å²) in [6, 6.07) is 18.9. The molecule has 0 heterocycles. The van der Waals surface area contributed by atoms with E-state index in [1.165, 1.54) is 0 Å². The molecule has 0 saturated heterocycles. The van der Waals surface area contributed by atoms with E-state index in [0.717, 1.165) is 17.5 Å². The van der Waals surface area contributed by atoms with Gasteiger partial charge < -0.3 is 9.47 Å². The third-order valence-corrected chi connectivity index (χ3v) is 3.86. The van der Waals surface area contributed by atoms with Gasteiger partial charge in [-0.1, -0.05) is 74.0 Å². The standard InChI is InChI=1S/C21H24O4/c1-3-11-18(20(22)24-4-2)25-21(23)19(16-12-7-5-8-13-16)17-14-9-6-10-15-17/h5-10,12-15,18-19H,3-4,11H2,1-2H3/t18-/m0/s1. The number of ether oxygens (including phenoxy) is 2. The number of hydrogen-bond acceptors (Lipinski definition) is 4. The first-order valence-electron chi connectivity index (χ1n) is 8.64. The normalized spacial score (nSPS) is 11.8. The molecule has 0 radical (unpaired) electrons. The van der Waals surface area contributed by atoms with E-state index in [9.17, 15) is 9.59 Å². The number of carbonyl (C=O) groups is 2. The van der Waals surface area contributed by atoms with Crippen molar-refractivity contribution >= 4 is 11.9 Å². The van der Waals surface area contributed by atoms with Gasteiger partial charge in [0, 0.05) is 0 Å². The highest BCUT2D eigenvalue weighted by Crippen LogP contribution is 2.27. The molecule has 0 aromatic heterocycles. The van der Waals surface area contributed by atoms with E-state index in [2.05, 4.69) is 0 Å². The molecule has 4 heteroatoms. The second-order valence-electron chi connectivity index (χ2n) is 5.72. The molecule has 0 bridgehead atoms. The lowest BCUT2D eigenvalue weighted by Gasteiger charge is -2.21. The Morgan fingerprint density at radius 3 is 1.80 bits per heavy atom. The first-order chi connectivity index (χ1) is 12.2. The Kier molecular flexibility index (Phi) is 7.20. The van der Waals surface area contributed by atoms with E-state index in [4.69, 9.17) is 9.47 Å². The Labute approximate surface area is 148 Å². The van der Waals surface area contributed by atoms with Gasteiger partial charge in [0.05, 0.1) is 6.61 Å². The van der Waals surface area contributed by atoms with Crippen LogP contribution in [-0.4, -0.2) is 24.6 Å². The van der Waals surface area contributed by atoms with Crippen LogP contribution in [0.4, 0.5) is 0 Å². The Bertz CT molecular complexity index is 627. The van der Waals surface area contributed by atoms with Crippen LogP contribution in [0.25, 0.3) is 0 Å². The summed E-state index contributed by atoms with van der Waals surface area (Å²) >= 11 is 0. The summed E-state index contributed by atoms with van der Waals surface area (Å²) in [4.78, 5) is 25.0. The van der Waals surface area contributed by atoms with E-state index in [0.29, 0.717) is 6.42 Å². The lowest BCUT2D eigenvalue weighted by atomic mass is 9.91. The topological polar surface area (TPSA) is 52.6 Å².